The van der Waals surface area contributed by atoms with Crippen LogP contribution in [-0.4, -0.2) is 10.1 Å². The molecule has 0 N–H and O–H groups in total. The lowest BCUT2D eigenvalue weighted by atomic mass is 10.3. The van der Waals surface area contributed by atoms with Gasteiger partial charge in [-0.3, -0.25) is 0 Å². The first-order valence-electron chi connectivity index (χ1n) is 6.12. The molecule has 0 bridgehead atoms. The molecular weight excluding hydrogens is 298 g/mol. The van der Waals surface area contributed by atoms with Crippen LogP contribution in [0.5, 0.6) is 0 Å². The quantitative estimate of drug-likeness (QED) is 0.666. The van der Waals surface area contributed by atoms with Gasteiger partial charge in [-0.25, -0.2) is 8.78 Å². The highest BCUT2D eigenvalue weighted by Crippen LogP contribution is 2.36. The minimum atomic E-state index is -0.613. The second-order valence-corrected chi connectivity index (χ2v) is 5.65. The molecule has 0 aliphatic rings. The van der Waals surface area contributed by atoms with Crippen LogP contribution in [0.25, 0.3) is 11.6 Å². The molecule has 0 spiro atoms. The third-order valence-electron chi connectivity index (χ3n) is 2.73. The molecule has 1 atom stereocenters. The van der Waals surface area contributed by atoms with Gasteiger partial charge in [0.05, 0.1) is 11.5 Å². The van der Waals surface area contributed by atoms with Gasteiger partial charge >= 0.3 is 0 Å². The normalized spacial score (nSPS) is 12.5. The summed E-state index contributed by atoms with van der Waals surface area (Å²) in [4.78, 5) is 4.53. The molecule has 1 aromatic carbocycles. The zero-order valence-corrected chi connectivity index (χ0v) is 11.7. The van der Waals surface area contributed by atoms with E-state index in [1.807, 2.05) is 0 Å². The Kier molecular flexibility index (Phi) is 3.74. The van der Waals surface area contributed by atoms with Gasteiger partial charge in [0, 0.05) is 11.0 Å². The zero-order valence-electron chi connectivity index (χ0n) is 10.9. The zero-order chi connectivity index (χ0) is 14.8. The Morgan fingerprint density at radius 1 is 1.24 bits per heavy atom. The summed E-state index contributed by atoms with van der Waals surface area (Å²) in [5.74, 6) is -0.0488. The van der Waals surface area contributed by atoms with Crippen LogP contribution < -0.4 is 0 Å². The van der Waals surface area contributed by atoms with E-state index in [0.29, 0.717) is 22.4 Å². The Labute approximate surface area is 123 Å². The van der Waals surface area contributed by atoms with Crippen molar-refractivity contribution >= 4 is 11.8 Å². The third kappa shape index (κ3) is 2.97. The molecule has 2 heterocycles. The van der Waals surface area contributed by atoms with Crippen LogP contribution in [0.2, 0.25) is 0 Å². The molecule has 4 nitrogen and oxygen atoms in total. The lowest BCUT2D eigenvalue weighted by Crippen LogP contribution is -1.91. The Morgan fingerprint density at radius 2 is 2.10 bits per heavy atom. The molecule has 0 radical (unpaired) electrons. The summed E-state index contributed by atoms with van der Waals surface area (Å²) in [7, 11) is 0. The lowest BCUT2D eigenvalue weighted by Gasteiger charge is -2.07. The van der Waals surface area contributed by atoms with E-state index >= 15 is 0 Å². The van der Waals surface area contributed by atoms with Crippen LogP contribution in [0.15, 0.2) is 50.4 Å². The minimum absolute atomic E-state index is 0.277. The van der Waals surface area contributed by atoms with Gasteiger partial charge in [0.15, 0.2) is 5.76 Å². The molecule has 108 valence electrons. The highest BCUT2D eigenvalue weighted by molar-refractivity contribution is 7.99. The number of thioether (sulfide) groups is 1. The van der Waals surface area contributed by atoms with Crippen molar-refractivity contribution in [2.24, 2.45) is 0 Å². The van der Waals surface area contributed by atoms with E-state index in [2.05, 4.69) is 10.1 Å². The fourth-order valence-corrected chi connectivity index (χ4v) is 2.61. The predicted octanol–water partition coefficient (Wildman–Crippen LogP) is 4.46. The van der Waals surface area contributed by atoms with Gasteiger partial charge < -0.3 is 8.94 Å². The van der Waals surface area contributed by atoms with Crippen molar-refractivity contribution in [2.45, 2.75) is 17.1 Å². The van der Waals surface area contributed by atoms with E-state index in [0.717, 1.165) is 6.07 Å². The number of hydrogen-bond donors (Lipinski definition) is 0. The molecule has 0 amide bonds. The standard InChI is InChI=1S/C14H10F2N2O2S/c1-8(21-12-5-4-9(15)7-10(12)16)14-17-13(18-20-14)11-3-2-6-19-11/h2-8H,1H3/t8-/m0/s1. The molecule has 2 aromatic heterocycles. The first kappa shape index (κ1) is 13.8. The van der Waals surface area contributed by atoms with E-state index in [1.165, 1.54) is 30.2 Å². The number of aromatic nitrogens is 2. The SMILES string of the molecule is C[C@H](Sc1ccc(F)cc1F)c1nc(-c2ccco2)no1. The largest absolute Gasteiger partial charge is 0.461 e. The molecule has 3 aromatic rings. The van der Waals surface area contributed by atoms with Crippen LogP contribution >= 0.6 is 11.8 Å². The predicted molar refractivity (Wildman–Crippen MR) is 72.6 cm³/mol. The maximum absolute atomic E-state index is 13.6. The molecule has 0 unspecified atom stereocenters. The van der Waals surface area contributed by atoms with Crippen molar-refractivity contribution < 1.29 is 17.7 Å². The van der Waals surface area contributed by atoms with Crippen molar-refractivity contribution in [3.05, 3.63) is 54.1 Å². The maximum atomic E-state index is 13.6. The summed E-state index contributed by atoms with van der Waals surface area (Å²) >= 11 is 1.17. The Balaban J connectivity index is 1.78. The van der Waals surface area contributed by atoms with Crippen LogP contribution in [0, 0.1) is 11.6 Å². The number of hydrogen-bond acceptors (Lipinski definition) is 5. The van der Waals surface area contributed by atoms with E-state index < -0.39 is 11.6 Å². The van der Waals surface area contributed by atoms with Crippen molar-refractivity contribution in [3.8, 4) is 11.6 Å². The van der Waals surface area contributed by atoms with Crippen LogP contribution in [-0.2, 0) is 0 Å². The van der Waals surface area contributed by atoms with Crippen LogP contribution in [0.3, 0.4) is 0 Å². The van der Waals surface area contributed by atoms with Gasteiger partial charge in [0.2, 0.25) is 11.7 Å². The molecule has 21 heavy (non-hydrogen) atoms. The fraction of sp³-hybridized carbons (Fsp3) is 0.143. The summed E-state index contributed by atoms with van der Waals surface area (Å²) in [6, 6.07) is 6.87. The number of nitrogens with zero attached hydrogens (tertiary/aromatic N) is 2. The molecule has 3 rings (SSSR count). The number of rotatable bonds is 4. The van der Waals surface area contributed by atoms with Crippen LogP contribution in [0.1, 0.15) is 18.1 Å². The molecule has 0 fully saturated rings. The second kappa shape index (κ2) is 5.69. The third-order valence-corrected chi connectivity index (χ3v) is 3.87. The monoisotopic (exact) mass is 308 g/mol. The average molecular weight is 308 g/mol. The van der Waals surface area contributed by atoms with Crippen molar-refractivity contribution in [2.75, 3.05) is 0 Å². The second-order valence-electron chi connectivity index (χ2n) is 4.27. The van der Waals surface area contributed by atoms with Crippen molar-refractivity contribution in [3.63, 3.8) is 0 Å². The van der Waals surface area contributed by atoms with E-state index in [4.69, 9.17) is 8.94 Å². The van der Waals surface area contributed by atoms with E-state index in [9.17, 15) is 8.78 Å². The number of furan rings is 1. The topological polar surface area (TPSA) is 52.1 Å². The van der Waals surface area contributed by atoms with Gasteiger partial charge in [0.25, 0.3) is 0 Å². The Morgan fingerprint density at radius 3 is 2.81 bits per heavy atom. The van der Waals surface area contributed by atoms with Gasteiger partial charge in [-0.15, -0.1) is 11.8 Å². The van der Waals surface area contributed by atoms with Gasteiger partial charge in [-0.05, 0) is 31.2 Å². The van der Waals surface area contributed by atoms with Gasteiger partial charge in [-0.1, -0.05) is 5.16 Å². The molecular formula is C14H10F2N2O2S. The smallest absolute Gasteiger partial charge is 0.240 e. The summed E-state index contributed by atoms with van der Waals surface area (Å²) in [5.41, 5.74) is 0. The average Bonchev–Trinajstić information content (AvgIpc) is 3.10. The maximum Gasteiger partial charge on any atom is 0.240 e. The van der Waals surface area contributed by atoms with Crippen LogP contribution in [0.4, 0.5) is 8.78 Å². The molecule has 0 saturated heterocycles. The van der Waals surface area contributed by atoms with E-state index in [-0.39, 0.29) is 5.25 Å². The first-order valence-corrected chi connectivity index (χ1v) is 7.00. The van der Waals surface area contributed by atoms with Gasteiger partial charge in [-0.2, -0.15) is 4.98 Å². The number of benzene rings is 1. The first-order chi connectivity index (χ1) is 10.1. The summed E-state index contributed by atoms with van der Waals surface area (Å²) < 4.78 is 36.8. The number of halogens is 2. The van der Waals surface area contributed by atoms with E-state index in [1.54, 1.807) is 19.1 Å². The van der Waals surface area contributed by atoms with Gasteiger partial charge in [0.1, 0.15) is 11.6 Å². The van der Waals surface area contributed by atoms with Crippen molar-refractivity contribution in [1.82, 2.24) is 10.1 Å². The highest BCUT2D eigenvalue weighted by atomic mass is 32.2. The summed E-state index contributed by atoms with van der Waals surface area (Å²) in [5, 5.41) is 3.53. The Hall–Kier alpha value is -2.15. The Bertz CT molecular complexity index is 743. The minimum Gasteiger partial charge on any atom is -0.461 e. The fourth-order valence-electron chi connectivity index (χ4n) is 1.72. The summed E-state index contributed by atoms with van der Waals surface area (Å²) in [6.45, 7) is 1.80. The summed E-state index contributed by atoms with van der Waals surface area (Å²) in [6.07, 6.45) is 1.51. The molecule has 7 heteroatoms. The highest BCUT2D eigenvalue weighted by Gasteiger charge is 2.19. The molecule has 0 aliphatic carbocycles. The molecule has 0 saturated carbocycles. The lowest BCUT2D eigenvalue weighted by molar-refractivity contribution is 0.379. The molecule has 0 aliphatic heterocycles. The van der Waals surface area contributed by atoms with Crippen molar-refractivity contribution in [1.29, 1.82) is 0 Å².